The van der Waals surface area contributed by atoms with Gasteiger partial charge in [0.05, 0.1) is 5.69 Å². The molecule has 0 bridgehead atoms. The van der Waals surface area contributed by atoms with Crippen molar-refractivity contribution in [2.45, 2.75) is 6.04 Å². The summed E-state index contributed by atoms with van der Waals surface area (Å²) < 4.78 is 5.89. The molecule has 0 radical (unpaired) electrons. The lowest BCUT2D eigenvalue weighted by atomic mass is 10.0. The predicted molar refractivity (Wildman–Crippen MR) is 79.8 cm³/mol. The van der Waals surface area contributed by atoms with Gasteiger partial charge in [-0.2, -0.15) is 0 Å². The standard InChI is InChI=1S/C16H13N3O2/c17-16(20)10-5-6-12-11(7-10)15(19-18-12)14-8-9-3-1-2-4-13(9)21-14/h1-8,15,18-19H,(H2,17,20). The topological polar surface area (TPSA) is 80.3 Å². The van der Waals surface area contributed by atoms with Crippen LogP contribution < -0.4 is 16.6 Å². The maximum Gasteiger partial charge on any atom is 0.248 e. The van der Waals surface area contributed by atoms with Crippen molar-refractivity contribution < 1.29 is 9.21 Å². The number of para-hydroxylation sites is 1. The van der Waals surface area contributed by atoms with Crippen molar-refractivity contribution in [2.75, 3.05) is 5.43 Å². The number of hydrazine groups is 1. The van der Waals surface area contributed by atoms with Crippen LogP contribution in [0.3, 0.4) is 0 Å². The molecule has 1 amide bonds. The quantitative estimate of drug-likeness (QED) is 0.673. The van der Waals surface area contributed by atoms with Crippen LogP contribution in [0.15, 0.2) is 52.9 Å². The number of nitrogens with two attached hydrogens (primary N) is 1. The van der Waals surface area contributed by atoms with Gasteiger partial charge in [0.25, 0.3) is 0 Å². The summed E-state index contributed by atoms with van der Waals surface area (Å²) >= 11 is 0. The van der Waals surface area contributed by atoms with Crippen LogP contribution in [-0.2, 0) is 0 Å². The highest BCUT2D eigenvalue weighted by Crippen LogP contribution is 2.36. The largest absolute Gasteiger partial charge is 0.459 e. The number of nitrogens with one attached hydrogen (secondary N) is 2. The number of carbonyl (C=O) groups is 1. The van der Waals surface area contributed by atoms with E-state index in [1.54, 1.807) is 12.1 Å². The Morgan fingerprint density at radius 1 is 1.14 bits per heavy atom. The van der Waals surface area contributed by atoms with Gasteiger partial charge in [-0.05, 0) is 30.3 Å². The molecule has 5 heteroatoms. The molecule has 1 unspecified atom stereocenters. The molecule has 2 aromatic carbocycles. The van der Waals surface area contributed by atoms with Gasteiger partial charge in [-0.15, -0.1) is 0 Å². The number of primary amides is 1. The maximum atomic E-state index is 11.3. The Hall–Kier alpha value is -2.79. The van der Waals surface area contributed by atoms with Gasteiger partial charge in [0.2, 0.25) is 5.91 Å². The van der Waals surface area contributed by atoms with E-state index in [0.29, 0.717) is 5.56 Å². The minimum atomic E-state index is -0.437. The lowest BCUT2D eigenvalue weighted by Gasteiger charge is -2.07. The lowest BCUT2D eigenvalue weighted by molar-refractivity contribution is 0.1000. The van der Waals surface area contributed by atoms with E-state index in [2.05, 4.69) is 10.9 Å². The van der Waals surface area contributed by atoms with E-state index < -0.39 is 5.91 Å². The minimum Gasteiger partial charge on any atom is -0.459 e. The Morgan fingerprint density at radius 3 is 2.81 bits per heavy atom. The number of furan rings is 1. The smallest absolute Gasteiger partial charge is 0.248 e. The van der Waals surface area contributed by atoms with E-state index in [-0.39, 0.29) is 6.04 Å². The van der Waals surface area contributed by atoms with E-state index >= 15 is 0 Å². The van der Waals surface area contributed by atoms with Crippen LogP contribution in [0.4, 0.5) is 5.69 Å². The number of carbonyl (C=O) groups excluding carboxylic acids is 1. The molecule has 4 N–H and O–H groups in total. The molecule has 0 fully saturated rings. The molecule has 1 aliphatic rings. The average Bonchev–Trinajstić information content (AvgIpc) is 3.09. The highest BCUT2D eigenvalue weighted by atomic mass is 16.3. The molecule has 1 atom stereocenters. The molecule has 104 valence electrons. The number of fused-ring (bicyclic) bond motifs is 2. The SMILES string of the molecule is NC(=O)c1ccc2c(c1)C(c1cc3ccccc3o1)NN2. The van der Waals surface area contributed by atoms with E-state index in [1.807, 2.05) is 36.4 Å². The van der Waals surface area contributed by atoms with E-state index in [4.69, 9.17) is 10.2 Å². The lowest BCUT2D eigenvalue weighted by Crippen LogP contribution is -2.19. The second-order valence-electron chi connectivity index (χ2n) is 5.06. The molecular weight excluding hydrogens is 266 g/mol. The van der Waals surface area contributed by atoms with Gasteiger partial charge in [-0.1, -0.05) is 18.2 Å². The zero-order chi connectivity index (χ0) is 14.4. The van der Waals surface area contributed by atoms with Gasteiger partial charge in [0, 0.05) is 16.5 Å². The number of rotatable bonds is 2. The van der Waals surface area contributed by atoms with Crippen LogP contribution in [0, 0.1) is 0 Å². The summed E-state index contributed by atoms with van der Waals surface area (Å²) in [6.07, 6.45) is 0. The zero-order valence-electron chi connectivity index (χ0n) is 11.1. The van der Waals surface area contributed by atoms with Crippen LogP contribution in [0.25, 0.3) is 11.0 Å². The zero-order valence-corrected chi connectivity index (χ0v) is 11.1. The summed E-state index contributed by atoms with van der Waals surface area (Å²) in [4.78, 5) is 11.3. The van der Waals surface area contributed by atoms with Crippen molar-refractivity contribution in [3.05, 3.63) is 65.4 Å². The molecule has 1 aromatic heterocycles. The normalized spacial score (nSPS) is 16.7. The molecular formula is C16H13N3O2. The Morgan fingerprint density at radius 2 is 2.00 bits per heavy atom. The highest BCUT2D eigenvalue weighted by molar-refractivity contribution is 5.93. The second-order valence-corrected chi connectivity index (χ2v) is 5.06. The van der Waals surface area contributed by atoms with Crippen LogP contribution in [0.2, 0.25) is 0 Å². The first-order valence-electron chi connectivity index (χ1n) is 6.66. The van der Waals surface area contributed by atoms with E-state index in [0.717, 1.165) is 28.0 Å². The molecule has 0 saturated heterocycles. The fourth-order valence-corrected chi connectivity index (χ4v) is 2.67. The Balaban J connectivity index is 1.82. The predicted octanol–water partition coefficient (Wildman–Crippen LogP) is 2.55. The fourth-order valence-electron chi connectivity index (χ4n) is 2.67. The fraction of sp³-hybridized carbons (Fsp3) is 0.0625. The highest BCUT2D eigenvalue weighted by Gasteiger charge is 2.27. The summed E-state index contributed by atoms with van der Waals surface area (Å²) in [5, 5.41) is 1.05. The third-order valence-corrected chi connectivity index (χ3v) is 3.73. The molecule has 0 saturated carbocycles. The van der Waals surface area contributed by atoms with Gasteiger partial charge < -0.3 is 15.6 Å². The summed E-state index contributed by atoms with van der Waals surface area (Å²) in [5.74, 6) is 0.358. The molecule has 2 heterocycles. The molecule has 4 rings (SSSR count). The van der Waals surface area contributed by atoms with Crippen molar-refractivity contribution in [3.63, 3.8) is 0 Å². The van der Waals surface area contributed by atoms with Crippen LogP contribution >= 0.6 is 0 Å². The maximum absolute atomic E-state index is 11.3. The third kappa shape index (κ3) is 1.86. The van der Waals surface area contributed by atoms with Gasteiger partial charge in [-0.3, -0.25) is 4.79 Å². The first-order valence-corrected chi connectivity index (χ1v) is 6.66. The van der Waals surface area contributed by atoms with Crippen LogP contribution in [0.1, 0.15) is 27.7 Å². The van der Waals surface area contributed by atoms with Gasteiger partial charge >= 0.3 is 0 Å². The molecule has 1 aliphatic heterocycles. The Labute approximate surface area is 120 Å². The van der Waals surface area contributed by atoms with E-state index in [1.165, 1.54) is 0 Å². The van der Waals surface area contributed by atoms with Gasteiger partial charge in [0.15, 0.2) is 0 Å². The number of anilines is 1. The van der Waals surface area contributed by atoms with Crippen molar-refractivity contribution in [1.29, 1.82) is 0 Å². The summed E-state index contributed by atoms with van der Waals surface area (Å²) in [7, 11) is 0. The molecule has 3 aromatic rings. The second kappa shape index (κ2) is 4.36. The monoisotopic (exact) mass is 279 g/mol. The third-order valence-electron chi connectivity index (χ3n) is 3.73. The molecule has 5 nitrogen and oxygen atoms in total. The summed E-state index contributed by atoms with van der Waals surface area (Å²) in [6.45, 7) is 0. The van der Waals surface area contributed by atoms with Crippen LogP contribution in [0.5, 0.6) is 0 Å². The van der Waals surface area contributed by atoms with Crippen molar-refractivity contribution in [1.82, 2.24) is 5.43 Å². The Kier molecular flexibility index (Phi) is 2.49. The number of amides is 1. The van der Waals surface area contributed by atoms with Gasteiger partial charge in [-0.25, -0.2) is 5.43 Å². The summed E-state index contributed by atoms with van der Waals surface area (Å²) in [6, 6.07) is 15.0. The summed E-state index contributed by atoms with van der Waals surface area (Å²) in [5.41, 5.74) is 14.8. The van der Waals surface area contributed by atoms with E-state index in [9.17, 15) is 4.79 Å². The van der Waals surface area contributed by atoms with Crippen molar-refractivity contribution in [2.24, 2.45) is 5.73 Å². The molecule has 0 aliphatic carbocycles. The first-order chi connectivity index (χ1) is 10.2. The first kappa shape index (κ1) is 12.0. The molecule has 21 heavy (non-hydrogen) atoms. The Bertz CT molecular complexity index is 821. The number of hydrogen-bond donors (Lipinski definition) is 3. The van der Waals surface area contributed by atoms with Gasteiger partial charge in [0.1, 0.15) is 17.4 Å². The van der Waals surface area contributed by atoms with Crippen molar-refractivity contribution in [3.8, 4) is 0 Å². The van der Waals surface area contributed by atoms with Crippen molar-refractivity contribution >= 4 is 22.6 Å². The minimum absolute atomic E-state index is 0.147. The average molecular weight is 279 g/mol. The number of benzene rings is 2. The van der Waals surface area contributed by atoms with Crippen LogP contribution in [-0.4, -0.2) is 5.91 Å². The number of hydrogen-bond acceptors (Lipinski definition) is 4. The molecule has 0 spiro atoms.